The van der Waals surface area contributed by atoms with Crippen molar-refractivity contribution in [3.63, 3.8) is 0 Å². The first-order valence-electron chi connectivity index (χ1n) is 8.04. The molecule has 0 aliphatic carbocycles. The molecule has 2 aromatic rings. The molecule has 2 rings (SSSR count). The van der Waals surface area contributed by atoms with Crippen LogP contribution in [0.1, 0.15) is 20.8 Å². The summed E-state index contributed by atoms with van der Waals surface area (Å²) in [5.74, 6) is -0.424. The molecule has 0 aromatic carbocycles. The van der Waals surface area contributed by atoms with Crippen LogP contribution < -0.4 is 16.6 Å². The number of nitrogens with two attached hydrogens (primary N) is 1. The molecule has 0 radical (unpaired) electrons. The van der Waals surface area contributed by atoms with Crippen molar-refractivity contribution in [3.8, 4) is 0 Å². The van der Waals surface area contributed by atoms with E-state index in [1.54, 1.807) is 7.05 Å². The smallest absolute Gasteiger partial charge is 0.280 e. The van der Waals surface area contributed by atoms with Gasteiger partial charge < -0.3 is 20.5 Å². The number of carbonyl (C=O) groups is 2. The number of aromatic nitrogens is 4. The van der Waals surface area contributed by atoms with Crippen LogP contribution in [-0.2, 0) is 16.1 Å². The van der Waals surface area contributed by atoms with Gasteiger partial charge in [0.1, 0.15) is 12.3 Å². The van der Waals surface area contributed by atoms with Gasteiger partial charge in [0.25, 0.3) is 5.56 Å². The highest BCUT2D eigenvalue weighted by molar-refractivity contribution is 5.85. The van der Waals surface area contributed by atoms with E-state index in [1.165, 1.54) is 22.7 Å². The summed E-state index contributed by atoms with van der Waals surface area (Å²) in [6.07, 6.45) is 1.36. The minimum atomic E-state index is -0.463. The van der Waals surface area contributed by atoms with Crippen molar-refractivity contribution in [1.82, 2.24) is 29.7 Å². The zero-order valence-corrected chi connectivity index (χ0v) is 15.0. The molecule has 138 valence electrons. The third kappa shape index (κ3) is 5.38. The maximum Gasteiger partial charge on any atom is 0.280 e. The largest absolute Gasteiger partial charge is 0.369 e. The summed E-state index contributed by atoms with van der Waals surface area (Å²) in [6.45, 7) is 6.34. The van der Waals surface area contributed by atoms with Crippen LogP contribution >= 0.6 is 0 Å². The van der Waals surface area contributed by atoms with Gasteiger partial charge in [-0.15, -0.1) is 0 Å². The zero-order chi connectivity index (χ0) is 19.0. The summed E-state index contributed by atoms with van der Waals surface area (Å²) >= 11 is 0. The summed E-state index contributed by atoms with van der Waals surface area (Å²) in [6, 6.07) is 0. The van der Waals surface area contributed by atoms with Crippen molar-refractivity contribution in [3.05, 3.63) is 16.7 Å². The molecule has 0 unspecified atom stereocenters. The molecular weight excluding hydrogens is 326 g/mol. The van der Waals surface area contributed by atoms with Gasteiger partial charge in [0.05, 0.1) is 12.9 Å². The predicted molar refractivity (Wildman–Crippen MR) is 95.1 cm³/mol. The molecule has 2 aromatic heterocycles. The Morgan fingerprint density at radius 2 is 2.08 bits per heavy atom. The number of nitrogen functional groups attached to an aromatic ring is 1. The Kier molecular flexibility index (Phi) is 7.73. The molecule has 0 bridgehead atoms. The summed E-state index contributed by atoms with van der Waals surface area (Å²) in [5.41, 5.74) is 5.40. The van der Waals surface area contributed by atoms with Crippen LogP contribution in [-0.4, -0.2) is 62.8 Å². The van der Waals surface area contributed by atoms with Crippen LogP contribution in [0.5, 0.6) is 0 Å². The number of H-pyrrole nitrogens is 1. The second kappa shape index (κ2) is 9.52. The van der Waals surface area contributed by atoms with Gasteiger partial charge in [-0.3, -0.25) is 19.4 Å². The Bertz CT molecular complexity index is 781. The van der Waals surface area contributed by atoms with Crippen LogP contribution in [0.2, 0.25) is 0 Å². The Morgan fingerprint density at radius 3 is 2.68 bits per heavy atom. The summed E-state index contributed by atoms with van der Waals surface area (Å²) in [7, 11) is 1.76. The van der Waals surface area contributed by atoms with E-state index >= 15 is 0 Å². The lowest BCUT2D eigenvalue weighted by Crippen LogP contribution is -2.40. The van der Waals surface area contributed by atoms with Gasteiger partial charge in [0, 0.05) is 13.1 Å². The van der Waals surface area contributed by atoms with Gasteiger partial charge in [-0.25, -0.2) is 4.98 Å². The number of hydrogen-bond acceptors (Lipinski definition) is 7. The monoisotopic (exact) mass is 351 g/mol. The van der Waals surface area contributed by atoms with E-state index < -0.39 is 5.56 Å². The van der Waals surface area contributed by atoms with Crippen LogP contribution in [0.4, 0.5) is 5.95 Å². The molecule has 10 heteroatoms. The maximum atomic E-state index is 12.4. The highest BCUT2D eigenvalue weighted by atomic mass is 16.2. The van der Waals surface area contributed by atoms with Gasteiger partial charge in [-0.1, -0.05) is 13.8 Å². The van der Waals surface area contributed by atoms with Crippen molar-refractivity contribution >= 4 is 28.8 Å². The number of amides is 1. The molecule has 0 aliphatic rings. The van der Waals surface area contributed by atoms with Gasteiger partial charge >= 0.3 is 0 Å². The number of ketones is 1. The molecule has 1 amide bonds. The SMILES string of the molecule is CC.CNCCN(CC(C)=O)C(=O)Cn1cnc2c(=O)[nH]c(N)nc21. The first-order chi connectivity index (χ1) is 11.9. The van der Waals surface area contributed by atoms with Crippen molar-refractivity contribution < 1.29 is 9.59 Å². The van der Waals surface area contributed by atoms with E-state index in [4.69, 9.17) is 5.73 Å². The molecule has 2 heterocycles. The fourth-order valence-electron chi connectivity index (χ4n) is 2.14. The van der Waals surface area contributed by atoms with Gasteiger partial charge in [0.15, 0.2) is 11.2 Å². The van der Waals surface area contributed by atoms with E-state index in [-0.39, 0.29) is 41.9 Å². The standard InChI is InChI=1S/C13H19N7O3.C2H6/c1-8(21)5-19(4-3-15-2)9(22)6-20-7-16-10-11(20)17-13(14)18-12(10)23;1-2/h7,15H,3-6H2,1-2H3,(H3,14,17,18,23);1-2H3. The number of carbonyl (C=O) groups excluding carboxylic acids is 2. The molecule has 4 N–H and O–H groups in total. The molecule has 0 saturated carbocycles. The van der Waals surface area contributed by atoms with E-state index in [1.807, 2.05) is 13.8 Å². The molecule has 0 saturated heterocycles. The molecule has 0 aliphatic heterocycles. The molecule has 0 fully saturated rings. The van der Waals surface area contributed by atoms with Gasteiger partial charge in [-0.2, -0.15) is 4.98 Å². The first kappa shape index (κ1) is 20.3. The molecule has 0 atom stereocenters. The number of rotatable bonds is 7. The number of Topliss-reactive ketones (excluding diaryl/α,β-unsaturated/α-hetero) is 1. The molecular formula is C15H25N7O3. The van der Waals surface area contributed by atoms with Crippen molar-refractivity contribution in [2.24, 2.45) is 0 Å². The lowest BCUT2D eigenvalue weighted by atomic mass is 10.3. The number of likely N-dealkylation sites (N-methyl/N-ethyl adjacent to an activating group) is 1. The van der Waals surface area contributed by atoms with E-state index in [2.05, 4.69) is 20.3 Å². The lowest BCUT2D eigenvalue weighted by Gasteiger charge is -2.21. The Balaban J connectivity index is 0.00000151. The molecule has 0 spiro atoms. The minimum Gasteiger partial charge on any atom is -0.369 e. The highest BCUT2D eigenvalue weighted by Crippen LogP contribution is 2.07. The van der Waals surface area contributed by atoms with Gasteiger partial charge in [-0.05, 0) is 14.0 Å². The molecule has 25 heavy (non-hydrogen) atoms. The number of nitrogens with one attached hydrogen (secondary N) is 2. The Hall–Kier alpha value is -2.75. The van der Waals surface area contributed by atoms with Crippen LogP contribution in [0.25, 0.3) is 11.2 Å². The van der Waals surface area contributed by atoms with E-state index in [0.717, 1.165) is 0 Å². The Morgan fingerprint density at radius 1 is 1.40 bits per heavy atom. The van der Waals surface area contributed by atoms with E-state index in [0.29, 0.717) is 13.1 Å². The first-order valence-corrected chi connectivity index (χ1v) is 8.04. The lowest BCUT2D eigenvalue weighted by molar-refractivity contribution is -0.135. The number of fused-ring (bicyclic) bond motifs is 1. The number of nitrogens with zero attached hydrogens (tertiary/aromatic N) is 4. The fraction of sp³-hybridized carbons (Fsp3) is 0.533. The number of aromatic amines is 1. The highest BCUT2D eigenvalue weighted by Gasteiger charge is 2.18. The third-order valence-electron chi connectivity index (χ3n) is 3.20. The van der Waals surface area contributed by atoms with Crippen LogP contribution in [0.3, 0.4) is 0 Å². The topological polar surface area (TPSA) is 139 Å². The fourth-order valence-corrected chi connectivity index (χ4v) is 2.14. The summed E-state index contributed by atoms with van der Waals surface area (Å²) < 4.78 is 1.44. The number of imidazole rings is 1. The van der Waals surface area contributed by atoms with Gasteiger partial charge in [0.2, 0.25) is 11.9 Å². The predicted octanol–water partition coefficient (Wildman–Crippen LogP) is -0.635. The zero-order valence-electron chi connectivity index (χ0n) is 15.0. The number of hydrogen-bond donors (Lipinski definition) is 3. The minimum absolute atomic E-state index is 0.0310. The normalized spacial score (nSPS) is 10.2. The van der Waals surface area contributed by atoms with Crippen LogP contribution in [0, 0.1) is 0 Å². The van der Waals surface area contributed by atoms with Crippen molar-refractivity contribution in [2.45, 2.75) is 27.3 Å². The third-order valence-corrected chi connectivity index (χ3v) is 3.20. The van der Waals surface area contributed by atoms with Crippen molar-refractivity contribution in [2.75, 3.05) is 32.4 Å². The molecule has 10 nitrogen and oxygen atoms in total. The maximum absolute atomic E-state index is 12.4. The second-order valence-electron chi connectivity index (χ2n) is 5.12. The quantitative estimate of drug-likeness (QED) is 0.603. The van der Waals surface area contributed by atoms with Crippen molar-refractivity contribution in [1.29, 1.82) is 0 Å². The average molecular weight is 351 g/mol. The second-order valence-corrected chi connectivity index (χ2v) is 5.12. The van der Waals surface area contributed by atoms with Crippen LogP contribution in [0.15, 0.2) is 11.1 Å². The summed E-state index contributed by atoms with van der Waals surface area (Å²) in [4.78, 5) is 47.2. The average Bonchev–Trinajstić information content (AvgIpc) is 2.96. The summed E-state index contributed by atoms with van der Waals surface area (Å²) in [5, 5.41) is 2.93. The van der Waals surface area contributed by atoms with E-state index in [9.17, 15) is 14.4 Å². The number of anilines is 1. The Labute approximate surface area is 145 Å².